The zero-order valence-corrected chi connectivity index (χ0v) is 12.5. The Kier molecular flexibility index (Phi) is 4.94. The Morgan fingerprint density at radius 3 is 2.25 bits per heavy atom. The summed E-state index contributed by atoms with van der Waals surface area (Å²) in [5.74, 6) is 0. The van der Waals surface area contributed by atoms with Crippen molar-refractivity contribution in [1.29, 1.82) is 0 Å². The van der Waals surface area contributed by atoms with Crippen molar-refractivity contribution in [2.75, 3.05) is 6.54 Å². The number of rotatable bonds is 5. The van der Waals surface area contributed by atoms with Gasteiger partial charge in [0.1, 0.15) is 0 Å². The predicted molar refractivity (Wildman–Crippen MR) is 83.8 cm³/mol. The van der Waals surface area contributed by atoms with Gasteiger partial charge >= 0.3 is 0 Å². The third-order valence-electron chi connectivity index (χ3n) is 3.57. The van der Waals surface area contributed by atoms with Crippen LogP contribution in [0.3, 0.4) is 0 Å². The maximum absolute atomic E-state index is 10.3. The van der Waals surface area contributed by atoms with Gasteiger partial charge in [-0.3, -0.25) is 0 Å². The van der Waals surface area contributed by atoms with Crippen LogP contribution in [-0.4, -0.2) is 11.7 Å². The Bertz CT molecular complexity index is 560. The molecule has 2 N–H and O–H groups in total. The molecule has 0 aliphatic carbocycles. The first kappa shape index (κ1) is 14.8. The largest absolute Gasteiger partial charge is 0.387 e. The van der Waals surface area contributed by atoms with Crippen LogP contribution in [0.15, 0.2) is 42.5 Å². The molecule has 2 nitrogen and oxygen atoms in total. The molecule has 0 saturated heterocycles. The molecule has 2 heteroatoms. The second-order valence-corrected chi connectivity index (χ2v) is 5.49. The smallest absolute Gasteiger partial charge is 0.0917 e. The molecular weight excluding hydrogens is 246 g/mol. The highest BCUT2D eigenvalue weighted by atomic mass is 16.3. The fraction of sp³-hybridized carbons (Fsp3) is 0.333. The monoisotopic (exact) mass is 269 g/mol. The molecule has 0 aliphatic rings. The third kappa shape index (κ3) is 3.92. The summed E-state index contributed by atoms with van der Waals surface area (Å²) in [5, 5.41) is 13.6. The van der Waals surface area contributed by atoms with E-state index in [1.807, 2.05) is 19.1 Å². The topological polar surface area (TPSA) is 32.3 Å². The fourth-order valence-electron chi connectivity index (χ4n) is 2.37. The lowest BCUT2D eigenvalue weighted by Crippen LogP contribution is -2.21. The summed E-state index contributed by atoms with van der Waals surface area (Å²) < 4.78 is 0. The average molecular weight is 269 g/mol. The molecule has 2 aromatic rings. The van der Waals surface area contributed by atoms with Crippen molar-refractivity contribution in [3.8, 4) is 0 Å². The van der Waals surface area contributed by atoms with Crippen molar-refractivity contribution in [2.24, 2.45) is 0 Å². The molecule has 0 amide bonds. The van der Waals surface area contributed by atoms with Crippen LogP contribution in [0.25, 0.3) is 0 Å². The Balaban J connectivity index is 1.88. The van der Waals surface area contributed by atoms with E-state index in [0.717, 1.165) is 17.7 Å². The van der Waals surface area contributed by atoms with Crippen molar-refractivity contribution in [1.82, 2.24) is 5.32 Å². The van der Waals surface area contributed by atoms with Gasteiger partial charge in [-0.25, -0.2) is 0 Å². The second-order valence-electron chi connectivity index (χ2n) is 5.49. The van der Waals surface area contributed by atoms with Gasteiger partial charge in [0.05, 0.1) is 6.10 Å². The van der Waals surface area contributed by atoms with Crippen LogP contribution in [0, 0.1) is 20.8 Å². The van der Waals surface area contributed by atoms with Crippen molar-refractivity contribution in [3.63, 3.8) is 0 Å². The lowest BCUT2D eigenvalue weighted by molar-refractivity contribution is 0.173. The first-order valence-corrected chi connectivity index (χ1v) is 7.08. The molecule has 1 atom stereocenters. The summed E-state index contributed by atoms with van der Waals surface area (Å²) in [6.07, 6.45) is -0.457. The number of hydrogen-bond donors (Lipinski definition) is 2. The lowest BCUT2D eigenvalue weighted by Gasteiger charge is -2.15. The highest BCUT2D eigenvalue weighted by molar-refractivity contribution is 5.32. The van der Waals surface area contributed by atoms with Crippen molar-refractivity contribution >= 4 is 0 Å². The lowest BCUT2D eigenvalue weighted by atomic mass is 10.0. The molecule has 20 heavy (non-hydrogen) atoms. The van der Waals surface area contributed by atoms with Gasteiger partial charge in [0, 0.05) is 13.1 Å². The number of aliphatic hydroxyl groups is 1. The molecule has 0 fully saturated rings. The molecule has 2 aromatic carbocycles. The van der Waals surface area contributed by atoms with E-state index in [9.17, 15) is 5.11 Å². The fourth-order valence-corrected chi connectivity index (χ4v) is 2.37. The number of nitrogens with one attached hydrogen (secondary N) is 1. The summed E-state index contributed by atoms with van der Waals surface area (Å²) in [4.78, 5) is 0. The van der Waals surface area contributed by atoms with Gasteiger partial charge in [0.2, 0.25) is 0 Å². The van der Waals surface area contributed by atoms with Gasteiger partial charge < -0.3 is 10.4 Å². The van der Waals surface area contributed by atoms with E-state index >= 15 is 0 Å². The van der Waals surface area contributed by atoms with Gasteiger partial charge in [-0.1, -0.05) is 53.6 Å². The van der Waals surface area contributed by atoms with Gasteiger partial charge in [0.25, 0.3) is 0 Å². The van der Waals surface area contributed by atoms with Gasteiger partial charge in [-0.05, 0) is 37.5 Å². The van der Waals surface area contributed by atoms with Crippen LogP contribution in [-0.2, 0) is 6.54 Å². The molecule has 0 heterocycles. The first-order valence-electron chi connectivity index (χ1n) is 7.08. The molecule has 0 saturated carbocycles. The molecule has 0 aliphatic heterocycles. The van der Waals surface area contributed by atoms with Gasteiger partial charge in [-0.15, -0.1) is 0 Å². The standard InChI is InChI=1S/C18H23NO/c1-13-4-7-16(8-5-13)11-19-12-18(20)17-9-6-14(2)10-15(17)3/h4-10,18-20H,11-12H2,1-3H3. The van der Waals surface area contributed by atoms with E-state index < -0.39 is 6.10 Å². The van der Waals surface area contributed by atoms with Gasteiger partial charge in [0.15, 0.2) is 0 Å². The second kappa shape index (κ2) is 6.69. The van der Waals surface area contributed by atoms with Gasteiger partial charge in [-0.2, -0.15) is 0 Å². The van der Waals surface area contributed by atoms with E-state index in [1.54, 1.807) is 0 Å². The predicted octanol–water partition coefficient (Wildman–Crippen LogP) is 3.44. The summed E-state index contributed by atoms with van der Waals surface area (Å²) in [6, 6.07) is 14.6. The van der Waals surface area contributed by atoms with E-state index in [1.165, 1.54) is 16.7 Å². The summed E-state index contributed by atoms with van der Waals surface area (Å²) in [7, 11) is 0. The first-order chi connectivity index (χ1) is 9.56. The minimum Gasteiger partial charge on any atom is -0.387 e. The van der Waals surface area contributed by atoms with E-state index in [4.69, 9.17) is 0 Å². The molecule has 2 rings (SSSR count). The van der Waals surface area contributed by atoms with Crippen LogP contribution >= 0.6 is 0 Å². The SMILES string of the molecule is Cc1ccc(CNCC(O)c2ccc(C)cc2C)cc1. The van der Waals surface area contributed by atoms with Crippen LogP contribution < -0.4 is 5.32 Å². The average Bonchev–Trinajstić information content (AvgIpc) is 2.41. The molecule has 0 spiro atoms. The van der Waals surface area contributed by atoms with E-state index in [-0.39, 0.29) is 0 Å². The Morgan fingerprint density at radius 1 is 0.950 bits per heavy atom. The van der Waals surface area contributed by atoms with Crippen LogP contribution in [0.2, 0.25) is 0 Å². The number of aliphatic hydroxyl groups excluding tert-OH is 1. The van der Waals surface area contributed by atoms with E-state index in [2.05, 4.69) is 49.5 Å². The minimum absolute atomic E-state index is 0.457. The quantitative estimate of drug-likeness (QED) is 0.871. The molecule has 0 radical (unpaired) electrons. The summed E-state index contributed by atoms with van der Waals surface area (Å²) in [5.41, 5.74) is 5.89. The Morgan fingerprint density at radius 2 is 1.60 bits per heavy atom. The molecule has 1 unspecified atom stereocenters. The number of aryl methyl sites for hydroxylation is 3. The number of benzene rings is 2. The third-order valence-corrected chi connectivity index (χ3v) is 3.57. The summed E-state index contributed by atoms with van der Waals surface area (Å²) in [6.45, 7) is 7.55. The zero-order valence-electron chi connectivity index (χ0n) is 12.5. The maximum atomic E-state index is 10.3. The minimum atomic E-state index is -0.457. The van der Waals surface area contributed by atoms with Crippen LogP contribution in [0.5, 0.6) is 0 Å². The normalized spacial score (nSPS) is 12.4. The number of hydrogen-bond acceptors (Lipinski definition) is 2. The van der Waals surface area contributed by atoms with Crippen LogP contribution in [0.1, 0.15) is 33.9 Å². The molecule has 0 bridgehead atoms. The molecule has 0 aromatic heterocycles. The Hall–Kier alpha value is -1.64. The maximum Gasteiger partial charge on any atom is 0.0917 e. The highest BCUT2D eigenvalue weighted by Crippen LogP contribution is 2.18. The van der Waals surface area contributed by atoms with Crippen molar-refractivity contribution < 1.29 is 5.11 Å². The van der Waals surface area contributed by atoms with Crippen molar-refractivity contribution in [2.45, 2.75) is 33.4 Å². The van der Waals surface area contributed by atoms with Crippen molar-refractivity contribution in [3.05, 3.63) is 70.3 Å². The zero-order chi connectivity index (χ0) is 14.5. The molecular formula is C18H23NO. The summed E-state index contributed by atoms with van der Waals surface area (Å²) >= 11 is 0. The van der Waals surface area contributed by atoms with E-state index in [0.29, 0.717) is 6.54 Å². The molecule has 106 valence electrons. The van der Waals surface area contributed by atoms with Crippen LogP contribution in [0.4, 0.5) is 0 Å². The highest BCUT2D eigenvalue weighted by Gasteiger charge is 2.09. The Labute approximate surface area is 121 Å².